The molecule has 1 aromatic rings. The van der Waals surface area contributed by atoms with Crippen LogP contribution < -0.4 is 4.72 Å². The molecule has 7 nitrogen and oxygen atoms in total. The van der Waals surface area contributed by atoms with Crippen LogP contribution in [0.3, 0.4) is 0 Å². The van der Waals surface area contributed by atoms with Crippen molar-refractivity contribution in [1.82, 2.24) is 14.5 Å². The van der Waals surface area contributed by atoms with Crippen molar-refractivity contribution in [2.45, 2.75) is 63.4 Å². The maximum atomic E-state index is 12.9. The molecule has 166 valence electrons. The number of carbonyl (C=O) groups excluding carboxylic acids is 2. The average Bonchev–Trinajstić information content (AvgIpc) is 2.73. The van der Waals surface area contributed by atoms with Gasteiger partial charge >= 0.3 is 0 Å². The van der Waals surface area contributed by atoms with Gasteiger partial charge in [-0.25, -0.2) is 13.1 Å². The lowest BCUT2D eigenvalue weighted by molar-refractivity contribution is -0.138. The van der Waals surface area contributed by atoms with Gasteiger partial charge in [-0.15, -0.1) is 0 Å². The van der Waals surface area contributed by atoms with E-state index in [1.807, 2.05) is 4.90 Å². The Kier molecular flexibility index (Phi) is 7.31. The van der Waals surface area contributed by atoms with Crippen molar-refractivity contribution in [2.75, 3.05) is 26.2 Å². The number of rotatable bonds is 6. The molecular weight excluding hydrogens is 402 g/mol. The van der Waals surface area contributed by atoms with Gasteiger partial charge in [0.25, 0.3) is 0 Å². The third-order valence-electron chi connectivity index (χ3n) is 6.33. The average molecular weight is 436 g/mol. The topological polar surface area (TPSA) is 86.8 Å². The zero-order chi connectivity index (χ0) is 21.9. The van der Waals surface area contributed by atoms with Crippen LogP contribution in [0.15, 0.2) is 29.2 Å². The van der Waals surface area contributed by atoms with E-state index in [0.29, 0.717) is 37.3 Å². The Labute approximate surface area is 179 Å². The summed E-state index contributed by atoms with van der Waals surface area (Å²) in [7, 11) is -3.64. The third kappa shape index (κ3) is 5.47. The molecule has 1 saturated carbocycles. The van der Waals surface area contributed by atoms with Crippen LogP contribution in [-0.4, -0.2) is 68.2 Å². The van der Waals surface area contributed by atoms with Gasteiger partial charge in [-0.1, -0.05) is 12.1 Å². The first kappa shape index (κ1) is 22.9. The van der Waals surface area contributed by atoms with Crippen molar-refractivity contribution < 1.29 is 18.0 Å². The van der Waals surface area contributed by atoms with Crippen LogP contribution in [-0.2, 0) is 14.8 Å². The molecule has 1 saturated heterocycles. The van der Waals surface area contributed by atoms with Gasteiger partial charge in [0.05, 0.1) is 4.90 Å². The van der Waals surface area contributed by atoms with E-state index in [1.165, 1.54) is 31.2 Å². The number of piperazine rings is 1. The van der Waals surface area contributed by atoms with Crippen molar-refractivity contribution in [3.8, 4) is 0 Å². The zero-order valence-electron chi connectivity index (χ0n) is 18.1. The third-order valence-corrected chi connectivity index (χ3v) is 7.86. The van der Waals surface area contributed by atoms with Crippen LogP contribution in [0.1, 0.15) is 56.8 Å². The zero-order valence-corrected chi connectivity index (χ0v) is 19.0. The second kappa shape index (κ2) is 9.58. The molecular formula is C22H33N3O4S. The summed E-state index contributed by atoms with van der Waals surface area (Å²) in [6, 6.07) is 6.33. The number of nitrogens with one attached hydrogen (secondary N) is 1. The van der Waals surface area contributed by atoms with Crippen LogP contribution in [0.4, 0.5) is 0 Å². The maximum Gasteiger partial charge on any atom is 0.240 e. The molecule has 1 heterocycles. The quantitative estimate of drug-likeness (QED) is 0.693. The fraction of sp³-hybridized carbons (Fsp3) is 0.636. The SMILES string of the molecule is CC(=O)c1ccc(S(=O)(=O)N[C@H]2CC[C@H](C(=O)N3CCN(C(C)C)CC3)CC2)cc1. The summed E-state index contributed by atoms with van der Waals surface area (Å²) >= 11 is 0. The van der Waals surface area contributed by atoms with Crippen LogP contribution in [0, 0.1) is 5.92 Å². The molecule has 1 aromatic carbocycles. The summed E-state index contributed by atoms with van der Waals surface area (Å²) in [4.78, 5) is 28.8. The Morgan fingerprint density at radius 2 is 1.53 bits per heavy atom. The van der Waals surface area contributed by atoms with Gasteiger partial charge in [0.15, 0.2) is 5.78 Å². The number of carbonyl (C=O) groups is 2. The van der Waals surface area contributed by atoms with Crippen LogP contribution in [0.5, 0.6) is 0 Å². The van der Waals surface area contributed by atoms with Crippen molar-refractivity contribution in [3.05, 3.63) is 29.8 Å². The number of benzene rings is 1. The summed E-state index contributed by atoms with van der Waals surface area (Å²) < 4.78 is 28.1. The number of amides is 1. The Morgan fingerprint density at radius 3 is 2.03 bits per heavy atom. The van der Waals surface area contributed by atoms with Gasteiger partial charge in [-0.3, -0.25) is 14.5 Å². The second-order valence-corrected chi connectivity index (χ2v) is 10.4. The van der Waals surface area contributed by atoms with E-state index < -0.39 is 10.0 Å². The van der Waals surface area contributed by atoms with Crippen LogP contribution in [0.2, 0.25) is 0 Å². The number of Topliss-reactive ketones (excluding diaryl/α,β-unsaturated/α-hetero) is 1. The molecule has 3 rings (SSSR count). The van der Waals surface area contributed by atoms with E-state index in [-0.39, 0.29) is 28.5 Å². The number of hydrogen-bond donors (Lipinski definition) is 1. The van der Waals surface area contributed by atoms with Crippen LogP contribution in [0.25, 0.3) is 0 Å². The normalized spacial score (nSPS) is 23.5. The Balaban J connectivity index is 1.50. The van der Waals surface area contributed by atoms with Gasteiger partial charge in [-0.2, -0.15) is 0 Å². The second-order valence-electron chi connectivity index (χ2n) is 8.71. The summed E-state index contributed by atoms with van der Waals surface area (Å²) in [5.74, 6) is 0.117. The molecule has 1 aliphatic heterocycles. The lowest BCUT2D eigenvalue weighted by atomic mass is 9.85. The summed E-state index contributed by atoms with van der Waals surface area (Å²) in [6.07, 6.45) is 2.74. The molecule has 1 amide bonds. The molecule has 8 heteroatoms. The minimum absolute atomic E-state index is 0.00814. The van der Waals surface area contributed by atoms with Crippen molar-refractivity contribution in [1.29, 1.82) is 0 Å². The van der Waals surface area contributed by atoms with E-state index in [0.717, 1.165) is 26.2 Å². The monoisotopic (exact) mass is 435 g/mol. The lowest BCUT2D eigenvalue weighted by Gasteiger charge is -2.39. The van der Waals surface area contributed by atoms with Crippen molar-refractivity contribution in [3.63, 3.8) is 0 Å². The lowest BCUT2D eigenvalue weighted by Crippen LogP contribution is -2.52. The molecule has 0 radical (unpaired) electrons. The molecule has 0 bridgehead atoms. The molecule has 30 heavy (non-hydrogen) atoms. The number of ketones is 1. The number of sulfonamides is 1. The van der Waals surface area contributed by atoms with Crippen LogP contribution >= 0.6 is 0 Å². The molecule has 1 N–H and O–H groups in total. The van der Waals surface area contributed by atoms with E-state index in [2.05, 4.69) is 23.5 Å². The number of hydrogen-bond acceptors (Lipinski definition) is 5. The molecule has 0 aromatic heterocycles. The van der Waals surface area contributed by atoms with E-state index >= 15 is 0 Å². The van der Waals surface area contributed by atoms with Crippen molar-refractivity contribution in [2.24, 2.45) is 5.92 Å². The van der Waals surface area contributed by atoms with Gasteiger partial charge in [0, 0.05) is 49.7 Å². The highest BCUT2D eigenvalue weighted by atomic mass is 32.2. The maximum absolute atomic E-state index is 12.9. The first-order valence-corrected chi connectivity index (χ1v) is 12.3. The minimum atomic E-state index is -3.64. The highest BCUT2D eigenvalue weighted by molar-refractivity contribution is 7.89. The fourth-order valence-electron chi connectivity index (χ4n) is 4.33. The Morgan fingerprint density at radius 1 is 0.967 bits per heavy atom. The largest absolute Gasteiger partial charge is 0.340 e. The molecule has 2 aliphatic rings. The van der Waals surface area contributed by atoms with E-state index in [1.54, 1.807) is 0 Å². The van der Waals surface area contributed by atoms with Gasteiger partial charge in [0.2, 0.25) is 15.9 Å². The highest BCUT2D eigenvalue weighted by Crippen LogP contribution is 2.27. The molecule has 0 atom stereocenters. The molecule has 2 fully saturated rings. The number of nitrogens with zero attached hydrogens (tertiary/aromatic N) is 2. The van der Waals surface area contributed by atoms with E-state index in [4.69, 9.17) is 0 Å². The Bertz CT molecular complexity index is 851. The smallest absolute Gasteiger partial charge is 0.240 e. The van der Waals surface area contributed by atoms with Gasteiger partial charge in [0.1, 0.15) is 0 Å². The minimum Gasteiger partial charge on any atom is -0.340 e. The summed E-state index contributed by atoms with van der Waals surface area (Å²) in [5, 5.41) is 0. The summed E-state index contributed by atoms with van der Waals surface area (Å²) in [5.41, 5.74) is 0.488. The van der Waals surface area contributed by atoms with Gasteiger partial charge in [-0.05, 0) is 58.6 Å². The van der Waals surface area contributed by atoms with Crippen molar-refractivity contribution >= 4 is 21.7 Å². The summed E-state index contributed by atoms with van der Waals surface area (Å²) in [6.45, 7) is 9.20. The molecule has 0 unspecified atom stereocenters. The predicted octanol–water partition coefficient (Wildman–Crippen LogP) is 2.28. The first-order valence-electron chi connectivity index (χ1n) is 10.8. The first-order chi connectivity index (χ1) is 14.2. The fourth-order valence-corrected chi connectivity index (χ4v) is 5.64. The Hall–Kier alpha value is -1.77. The van der Waals surface area contributed by atoms with E-state index in [9.17, 15) is 18.0 Å². The standard InChI is InChI=1S/C22H33N3O4S/c1-16(2)24-12-14-25(15-13-24)22(27)19-4-8-20(9-5-19)23-30(28,29)21-10-6-18(7-11-21)17(3)26/h6-7,10-11,16,19-20,23H,4-5,8-9,12-15H2,1-3H3/t19-,20-. The highest BCUT2D eigenvalue weighted by Gasteiger charge is 2.32. The van der Waals surface area contributed by atoms with Gasteiger partial charge < -0.3 is 4.90 Å². The molecule has 1 aliphatic carbocycles. The predicted molar refractivity (Wildman–Crippen MR) is 116 cm³/mol. The molecule has 0 spiro atoms.